The van der Waals surface area contributed by atoms with Crippen LogP contribution in [-0.2, 0) is 6.18 Å². The largest absolute Gasteiger partial charge is 0.418 e. The average molecular weight is 303 g/mol. The maximum Gasteiger partial charge on any atom is 0.418 e. The summed E-state index contributed by atoms with van der Waals surface area (Å²) in [7, 11) is 0. The second kappa shape index (κ2) is 7.31. The number of hydrogen-bond donors (Lipinski definition) is 2. The maximum atomic E-state index is 12.7. The first-order valence-electron chi connectivity index (χ1n) is 6.77. The normalized spacial score (nSPS) is 11.7. The molecular weight excluding hydrogens is 283 g/mol. The highest BCUT2D eigenvalue weighted by molar-refractivity contribution is 5.99. The van der Waals surface area contributed by atoms with Crippen molar-refractivity contribution in [3.8, 4) is 0 Å². The van der Waals surface area contributed by atoms with Crippen molar-refractivity contribution in [2.24, 2.45) is 0 Å². The number of amides is 1. The quantitative estimate of drug-likeness (QED) is 0.793. The van der Waals surface area contributed by atoms with Crippen molar-refractivity contribution in [1.29, 1.82) is 0 Å². The van der Waals surface area contributed by atoms with Gasteiger partial charge in [-0.15, -0.1) is 0 Å². The summed E-state index contributed by atoms with van der Waals surface area (Å²) in [6.07, 6.45) is -4.57. The molecule has 1 rings (SSSR count). The Bertz CT molecular complexity index is 485. The van der Waals surface area contributed by atoms with E-state index >= 15 is 0 Å². The van der Waals surface area contributed by atoms with Crippen LogP contribution in [0.1, 0.15) is 29.8 Å². The van der Waals surface area contributed by atoms with Gasteiger partial charge in [0.25, 0.3) is 5.91 Å². The molecule has 0 aliphatic heterocycles. The number of alkyl halides is 3. The van der Waals surface area contributed by atoms with Crippen molar-refractivity contribution in [3.63, 3.8) is 0 Å². The zero-order chi connectivity index (χ0) is 16.0. The van der Waals surface area contributed by atoms with Crippen molar-refractivity contribution >= 4 is 11.6 Å². The summed E-state index contributed by atoms with van der Waals surface area (Å²) in [6.45, 7) is 6.68. The molecule has 7 heteroatoms. The lowest BCUT2D eigenvalue weighted by Crippen LogP contribution is -2.35. The van der Waals surface area contributed by atoms with Gasteiger partial charge in [0.05, 0.1) is 16.8 Å². The van der Waals surface area contributed by atoms with Crippen molar-refractivity contribution < 1.29 is 18.0 Å². The molecule has 0 aromatic heterocycles. The van der Waals surface area contributed by atoms with Gasteiger partial charge in [-0.05, 0) is 25.2 Å². The van der Waals surface area contributed by atoms with E-state index in [1.54, 1.807) is 0 Å². The minimum absolute atomic E-state index is 0.149. The fraction of sp³-hybridized carbons (Fsp3) is 0.500. The Morgan fingerprint density at radius 1 is 1.29 bits per heavy atom. The number of carbonyl (C=O) groups excluding carboxylic acids is 1. The number of halogens is 3. The van der Waals surface area contributed by atoms with E-state index in [9.17, 15) is 18.0 Å². The van der Waals surface area contributed by atoms with Crippen LogP contribution in [0.4, 0.5) is 18.9 Å². The van der Waals surface area contributed by atoms with Gasteiger partial charge in [-0.25, -0.2) is 0 Å². The smallest absolute Gasteiger partial charge is 0.398 e. The number of nitrogen functional groups attached to an aromatic ring is 1. The van der Waals surface area contributed by atoms with Crippen LogP contribution in [0.2, 0.25) is 0 Å². The minimum Gasteiger partial charge on any atom is -0.398 e. The third-order valence-electron chi connectivity index (χ3n) is 3.26. The average Bonchev–Trinajstić information content (AvgIpc) is 2.42. The lowest BCUT2D eigenvalue weighted by molar-refractivity contribution is -0.136. The zero-order valence-corrected chi connectivity index (χ0v) is 12.1. The minimum atomic E-state index is -4.57. The van der Waals surface area contributed by atoms with Gasteiger partial charge in [-0.1, -0.05) is 19.9 Å². The van der Waals surface area contributed by atoms with E-state index in [1.165, 1.54) is 12.1 Å². The van der Waals surface area contributed by atoms with Crippen molar-refractivity contribution in [2.75, 3.05) is 31.9 Å². The lowest BCUT2D eigenvalue weighted by Gasteiger charge is -2.18. The van der Waals surface area contributed by atoms with Crippen LogP contribution in [0, 0.1) is 0 Å². The Hall–Kier alpha value is -1.76. The molecule has 118 valence electrons. The Labute approximate surface area is 122 Å². The maximum absolute atomic E-state index is 12.7. The SMILES string of the molecule is CCN(CC)CCNC(=O)c1cccc(C(F)(F)F)c1N. The summed E-state index contributed by atoms with van der Waals surface area (Å²) in [6, 6.07) is 3.33. The molecule has 0 saturated carbocycles. The predicted molar refractivity (Wildman–Crippen MR) is 76.0 cm³/mol. The summed E-state index contributed by atoms with van der Waals surface area (Å²) < 4.78 is 38.2. The first-order valence-corrected chi connectivity index (χ1v) is 6.77. The van der Waals surface area contributed by atoms with Crippen LogP contribution < -0.4 is 11.1 Å². The molecule has 1 amide bonds. The number of nitrogens with one attached hydrogen (secondary N) is 1. The second-order valence-electron chi connectivity index (χ2n) is 4.55. The van der Waals surface area contributed by atoms with Crippen LogP contribution in [0.15, 0.2) is 18.2 Å². The highest BCUT2D eigenvalue weighted by Gasteiger charge is 2.34. The third kappa shape index (κ3) is 4.63. The van der Waals surface area contributed by atoms with Crippen LogP contribution >= 0.6 is 0 Å². The monoisotopic (exact) mass is 303 g/mol. The molecule has 0 saturated heterocycles. The van der Waals surface area contributed by atoms with Gasteiger partial charge in [-0.2, -0.15) is 13.2 Å². The van der Waals surface area contributed by atoms with Gasteiger partial charge in [0.2, 0.25) is 0 Å². The first-order chi connectivity index (χ1) is 9.81. The fourth-order valence-corrected chi connectivity index (χ4v) is 1.97. The van der Waals surface area contributed by atoms with Gasteiger partial charge in [-0.3, -0.25) is 4.79 Å². The fourth-order valence-electron chi connectivity index (χ4n) is 1.97. The molecule has 0 atom stereocenters. The van der Waals surface area contributed by atoms with Crippen molar-refractivity contribution in [2.45, 2.75) is 20.0 Å². The van der Waals surface area contributed by atoms with E-state index in [4.69, 9.17) is 5.73 Å². The first kappa shape index (κ1) is 17.3. The number of nitrogens with zero attached hydrogens (tertiary/aromatic N) is 1. The molecule has 4 nitrogen and oxygen atoms in total. The Balaban J connectivity index is 2.75. The Morgan fingerprint density at radius 3 is 2.43 bits per heavy atom. The molecule has 0 aliphatic rings. The Morgan fingerprint density at radius 2 is 1.90 bits per heavy atom. The molecule has 0 spiro atoms. The number of rotatable bonds is 6. The number of likely N-dealkylation sites (N-methyl/N-ethyl adjacent to an activating group) is 1. The van der Waals surface area contributed by atoms with Gasteiger partial charge in [0.15, 0.2) is 0 Å². The van der Waals surface area contributed by atoms with E-state index in [1.807, 2.05) is 13.8 Å². The standard InChI is InChI=1S/C14H20F3N3O/c1-3-20(4-2)9-8-19-13(21)10-6-5-7-11(12(10)18)14(15,16)17/h5-7H,3-4,8-9,18H2,1-2H3,(H,19,21). The Kier molecular flexibility index (Phi) is 6.02. The van der Waals surface area contributed by atoms with Crippen LogP contribution in [0.25, 0.3) is 0 Å². The summed E-state index contributed by atoms with van der Waals surface area (Å²) in [5, 5.41) is 2.59. The molecule has 21 heavy (non-hydrogen) atoms. The van der Waals surface area contributed by atoms with E-state index in [2.05, 4.69) is 10.2 Å². The summed E-state index contributed by atoms with van der Waals surface area (Å²) in [4.78, 5) is 14.0. The number of anilines is 1. The molecule has 0 unspecified atom stereocenters. The summed E-state index contributed by atoms with van der Waals surface area (Å²) >= 11 is 0. The summed E-state index contributed by atoms with van der Waals surface area (Å²) in [5.74, 6) is -0.592. The second-order valence-corrected chi connectivity index (χ2v) is 4.55. The van der Waals surface area contributed by atoms with Crippen LogP contribution in [-0.4, -0.2) is 37.0 Å². The molecule has 1 aromatic carbocycles. The van der Waals surface area contributed by atoms with Crippen LogP contribution in [0.3, 0.4) is 0 Å². The van der Waals surface area contributed by atoms with E-state index in [0.29, 0.717) is 13.1 Å². The zero-order valence-electron chi connectivity index (χ0n) is 12.1. The molecule has 0 radical (unpaired) electrons. The number of nitrogens with two attached hydrogens (primary N) is 1. The molecule has 0 bridgehead atoms. The highest BCUT2D eigenvalue weighted by atomic mass is 19.4. The van der Waals surface area contributed by atoms with Gasteiger partial charge in [0.1, 0.15) is 0 Å². The number of para-hydroxylation sites is 1. The van der Waals surface area contributed by atoms with Crippen molar-refractivity contribution in [3.05, 3.63) is 29.3 Å². The molecule has 1 aromatic rings. The van der Waals surface area contributed by atoms with E-state index < -0.39 is 23.3 Å². The van der Waals surface area contributed by atoms with Gasteiger partial charge in [0, 0.05) is 13.1 Å². The third-order valence-corrected chi connectivity index (χ3v) is 3.26. The molecule has 0 heterocycles. The number of benzene rings is 1. The van der Waals surface area contributed by atoms with Crippen molar-refractivity contribution in [1.82, 2.24) is 10.2 Å². The number of hydrogen-bond acceptors (Lipinski definition) is 3. The highest BCUT2D eigenvalue weighted by Crippen LogP contribution is 2.34. The topological polar surface area (TPSA) is 58.4 Å². The van der Waals surface area contributed by atoms with E-state index in [0.717, 1.165) is 19.2 Å². The molecule has 0 aliphatic carbocycles. The molecule has 3 N–H and O–H groups in total. The van der Waals surface area contributed by atoms with E-state index in [-0.39, 0.29) is 5.56 Å². The predicted octanol–water partition coefficient (Wildman–Crippen LogP) is 2.36. The van der Waals surface area contributed by atoms with Gasteiger partial charge < -0.3 is 16.0 Å². The van der Waals surface area contributed by atoms with Gasteiger partial charge >= 0.3 is 6.18 Å². The number of carbonyl (C=O) groups is 1. The van der Waals surface area contributed by atoms with Crippen LogP contribution in [0.5, 0.6) is 0 Å². The lowest BCUT2D eigenvalue weighted by atomic mass is 10.1. The summed E-state index contributed by atoms with van der Waals surface area (Å²) in [5.41, 5.74) is 3.79. The molecule has 0 fully saturated rings. The molecular formula is C14H20F3N3O.